The SMILES string of the molecule is CC(=O)SCCC(O)C(O)c1cc(N)ccc1[N+](=O)[O-]. The molecule has 4 N–H and O–H groups in total. The minimum atomic E-state index is -1.42. The summed E-state index contributed by atoms with van der Waals surface area (Å²) in [6, 6.07) is 3.81. The van der Waals surface area contributed by atoms with E-state index < -0.39 is 17.1 Å². The zero-order chi connectivity index (χ0) is 15.3. The Morgan fingerprint density at radius 3 is 2.70 bits per heavy atom. The Kier molecular flexibility index (Phi) is 5.93. The quantitative estimate of drug-likeness (QED) is 0.410. The minimum Gasteiger partial charge on any atom is -0.399 e. The zero-order valence-corrected chi connectivity index (χ0v) is 11.7. The number of carbonyl (C=O) groups is 1. The van der Waals surface area contributed by atoms with E-state index in [9.17, 15) is 25.1 Å². The van der Waals surface area contributed by atoms with Gasteiger partial charge in [-0.3, -0.25) is 14.9 Å². The highest BCUT2D eigenvalue weighted by molar-refractivity contribution is 8.13. The number of hydrogen-bond donors (Lipinski definition) is 3. The van der Waals surface area contributed by atoms with Gasteiger partial charge in [-0.1, -0.05) is 11.8 Å². The van der Waals surface area contributed by atoms with Crippen molar-refractivity contribution in [2.75, 3.05) is 11.5 Å². The molecule has 8 heteroatoms. The van der Waals surface area contributed by atoms with E-state index in [0.29, 0.717) is 5.75 Å². The number of thioether (sulfide) groups is 1. The minimum absolute atomic E-state index is 0.0321. The van der Waals surface area contributed by atoms with Crippen molar-refractivity contribution in [3.8, 4) is 0 Å². The van der Waals surface area contributed by atoms with Gasteiger partial charge in [-0.2, -0.15) is 0 Å². The molecule has 0 saturated heterocycles. The lowest BCUT2D eigenvalue weighted by Gasteiger charge is -2.18. The Balaban J connectivity index is 2.84. The highest BCUT2D eigenvalue weighted by Gasteiger charge is 2.26. The second-order valence-corrected chi connectivity index (χ2v) is 5.49. The molecule has 0 spiro atoms. The fourth-order valence-corrected chi connectivity index (χ4v) is 2.31. The van der Waals surface area contributed by atoms with Gasteiger partial charge < -0.3 is 15.9 Å². The van der Waals surface area contributed by atoms with Crippen LogP contribution < -0.4 is 5.73 Å². The number of nitrogens with two attached hydrogens (primary N) is 1. The van der Waals surface area contributed by atoms with Crippen LogP contribution in [-0.2, 0) is 4.79 Å². The first-order valence-electron chi connectivity index (χ1n) is 5.86. The van der Waals surface area contributed by atoms with Gasteiger partial charge in [0.2, 0.25) is 0 Å². The summed E-state index contributed by atoms with van der Waals surface area (Å²) in [5.41, 5.74) is 5.47. The number of nitro groups is 1. The first kappa shape index (κ1) is 16.4. The van der Waals surface area contributed by atoms with Crippen molar-refractivity contribution in [3.05, 3.63) is 33.9 Å². The van der Waals surface area contributed by atoms with Crippen molar-refractivity contribution in [2.24, 2.45) is 0 Å². The Labute approximate surface area is 119 Å². The van der Waals surface area contributed by atoms with E-state index >= 15 is 0 Å². The molecule has 0 aliphatic rings. The molecule has 110 valence electrons. The molecule has 0 radical (unpaired) electrons. The smallest absolute Gasteiger partial charge is 0.275 e. The molecule has 0 amide bonds. The number of nitro benzene ring substituents is 1. The first-order valence-corrected chi connectivity index (χ1v) is 6.84. The van der Waals surface area contributed by atoms with Crippen LogP contribution in [0.25, 0.3) is 0 Å². The van der Waals surface area contributed by atoms with Crippen molar-refractivity contribution in [2.45, 2.75) is 25.6 Å². The van der Waals surface area contributed by atoms with E-state index in [1.54, 1.807) is 0 Å². The number of aliphatic hydroxyl groups excluding tert-OH is 2. The highest BCUT2D eigenvalue weighted by Crippen LogP contribution is 2.30. The van der Waals surface area contributed by atoms with E-state index in [-0.39, 0.29) is 28.5 Å². The molecule has 0 aromatic heterocycles. The maximum absolute atomic E-state index is 10.9. The van der Waals surface area contributed by atoms with Gasteiger partial charge in [0.15, 0.2) is 5.12 Å². The molecule has 0 saturated carbocycles. The number of anilines is 1. The van der Waals surface area contributed by atoms with E-state index in [1.807, 2.05) is 0 Å². The van der Waals surface area contributed by atoms with Crippen LogP contribution in [0, 0.1) is 10.1 Å². The number of hydrogen-bond acceptors (Lipinski definition) is 7. The molecule has 1 aromatic carbocycles. The first-order chi connectivity index (χ1) is 9.32. The summed E-state index contributed by atoms with van der Waals surface area (Å²) < 4.78 is 0. The third-order valence-electron chi connectivity index (χ3n) is 2.65. The van der Waals surface area contributed by atoms with Crippen molar-refractivity contribution in [3.63, 3.8) is 0 Å². The summed E-state index contributed by atoms with van der Waals surface area (Å²) in [5.74, 6) is 0.323. The molecule has 2 unspecified atom stereocenters. The molecule has 1 aromatic rings. The van der Waals surface area contributed by atoms with Crippen molar-refractivity contribution in [1.82, 2.24) is 0 Å². The molecular weight excluding hydrogens is 284 g/mol. The Bertz CT molecular complexity index is 509. The highest BCUT2D eigenvalue weighted by atomic mass is 32.2. The van der Waals surface area contributed by atoms with Crippen LogP contribution in [0.4, 0.5) is 11.4 Å². The summed E-state index contributed by atoms with van der Waals surface area (Å²) in [6.45, 7) is 1.40. The summed E-state index contributed by atoms with van der Waals surface area (Å²) >= 11 is 1.02. The summed E-state index contributed by atoms with van der Waals surface area (Å²) in [7, 11) is 0. The van der Waals surface area contributed by atoms with Gasteiger partial charge >= 0.3 is 0 Å². The largest absolute Gasteiger partial charge is 0.399 e. The topological polar surface area (TPSA) is 127 Å². The second-order valence-electron chi connectivity index (χ2n) is 4.22. The lowest BCUT2D eigenvalue weighted by atomic mass is 10.0. The normalized spacial score (nSPS) is 13.8. The van der Waals surface area contributed by atoms with Crippen molar-refractivity contribution >= 4 is 28.3 Å². The number of nitrogen functional groups attached to an aromatic ring is 1. The predicted octanol–water partition coefficient (Wildman–Crippen LogP) is 1.24. The summed E-state index contributed by atoms with van der Waals surface area (Å²) in [5, 5.41) is 30.6. The zero-order valence-electron chi connectivity index (χ0n) is 10.9. The van der Waals surface area contributed by atoms with Gasteiger partial charge in [0.1, 0.15) is 6.10 Å². The van der Waals surface area contributed by atoms with Gasteiger partial charge in [-0.25, -0.2) is 0 Å². The monoisotopic (exact) mass is 300 g/mol. The molecule has 7 nitrogen and oxygen atoms in total. The van der Waals surface area contributed by atoms with E-state index in [2.05, 4.69) is 0 Å². The molecular formula is C12H16N2O5S. The average molecular weight is 300 g/mol. The molecule has 0 bridgehead atoms. The Morgan fingerprint density at radius 2 is 2.15 bits per heavy atom. The van der Waals surface area contributed by atoms with E-state index in [1.165, 1.54) is 25.1 Å². The maximum Gasteiger partial charge on any atom is 0.275 e. The van der Waals surface area contributed by atoms with Crippen LogP contribution in [0.5, 0.6) is 0 Å². The van der Waals surface area contributed by atoms with Gasteiger partial charge in [0, 0.05) is 24.4 Å². The van der Waals surface area contributed by atoms with Crippen LogP contribution in [-0.4, -0.2) is 32.1 Å². The lowest BCUT2D eigenvalue weighted by molar-refractivity contribution is -0.386. The standard InChI is InChI=1S/C12H16N2O5S/c1-7(15)20-5-4-11(16)12(17)9-6-8(13)2-3-10(9)14(18)19/h2-3,6,11-12,16-17H,4-5,13H2,1H3. The molecule has 2 atom stereocenters. The van der Waals surface area contributed by atoms with Gasteiger partial charge in [-0.15, -0.1) is 0 Å². The van der Waals surface area contributed by atoms with Crippen LogP contribution in [0.1, 0.15) is 25.0 Å². The number of rotatable bonds is 6. The Hall–Kier alpha value is -1.64. The van der Waals surface area contributed by atoms with Crippen LogP contribution in [0.15, 0.2) is 18.2 Å². The van der Waals surface area contributed by atoms with Crippen molar-refractivity contribution < 1.29 is 19.9 Å². The predicted molar refractivity (Wildman–Crippen MR) is 76.2 cm³/mol. The van der Waals surface area contributed by atoms with Gasteiger partial charge in [0.25, 0.3) is 5.69 Å². The molecule has 0 fully saturated rings. The van der Waals surface area contributed by atoms with Gasteiger partial charge in [0.05, 0.1) is 16.6 Å². The third kappa shape index (κ3) is 4.48. The third-order valence-corrected chi connectivity index (χ3v) is 3.50. The fraction of sp³-hybridized carbons (Fsp3) is 0.417. The lowest BCUT2D eigenvalue weighted by Crippen LogP contribution is -2.20. The number of carbonyl (C=O) groups excluding carboxylic acids is 1. The Morgan fingerprint density at radius 1 is 1.50 bits per heavy atom. The molecule has 20 heavy (non-hydrogen) atoms. The maximum atomic E-state index is 10.9. The van der Waals surface area contributed by atoms with Crippen LogP contribution >= 0.6 is 11.8 Å². The average Bonchev–Trinajstić information content (AvgIpc) is 2.36. The number of aliphatic hydroxyl groups is 2. The second kappa shape index (κ2) is 7.22. The molecule has 1 rings (SSSR count). The molecule has 0 aliphatic heterocycles. The van der Waals surface area contributed by atoms with Crippen molar-refractivity contribution in [1.29, 1.82) is 0 Å². The van der Waals surface area contributed by atoms with Crippen LogP contribution in [0.3, 0.4) is 0 Å². The summed E-state index contributed by atoms with van der Waals surface area (Å²) in [4.78, 5) is 21.0. The molecule has 0 aliphatic carbocycles. The number of nitrogens with zero attached hydrogens (tertiary/aromatic N) is 1. The summed E-state index contributed by atoms with van der Waals surface area (Å²) in [6.07, 6.45) is -2.49. The molecule has 0 heterocycles. The van der Waals surface area contributed by atoms with Crippen LogP contribution in [0.2, 0.25) is 0 Å². The fourth-order valence-electron chi connectivity index (χ4n) is 1.66. The van der Waals surface area contributed by atoms with E-state index in [0.717, 1.165) is 11.8 Å². The van der Waals surface area contributed by atoms with Gasteiger partial charge in [-0.05, 0) is 18.6 Å². The van der Waals surface area contributed by atoms with E-state index in [4.69, 9.17) is 5.73 Å². The number of benzene rings is 1.